The summed E-state index contributed by atoms with van der Waals surface area (Å²) >= 11 is 0. The summed E-state index contributed by atoms with van der Waals surface area (Å²) in [6.45, 7) is -0.0587. The van der Waals surface area contributed by atoms with Crippen LogP contribution in [0.15, 0.2) is 6.07 Å². The summed E-state index contributed by atoms with van der Waals surface area (Å²) < 4.78 is 38.2. The first-order chi connectivity index (χ1) is 11.1. The lowest BCUT2D eigenvalue weighted by Gasteiger charge is -2.34. The molecule has 1 aromatic rings. The van der Waals surface area contributed by atoms with E-state index in [1.807, 2.05) is 0 Å². The van der Waals surface area contributed by atoms with Gasteiger partial charge in [0.25, 0.3) is 0 Å². The average molecular weight is 348 g/mol. The van der Waals surface area contributed by atoms with E-state index in [4.69, 9.17) is 0 Å². The maximum absolute atomic E-state index is 12.7. The van der Waals surface area contributed by atoms with E-state index in [0.29, 0.717) is 0 Å². The molecular formula is C13H15F3N4O4. The second-order valence-corrected chi connectivity index (χ2v) is 5.34. The van der Waals surface area contributed by atoms with Crippen molar-refractivity contribution in [3.63, 3.8) is 0 Å². The van der Waals surface area contributed by atoms with Gasteiger partial charge in [-0.2, -0.15) is 13.2 Å². The number of aromatic carboxylic acids is 1. The Hall–Kier alpha value is -2.59. The number of nitro groups is 1. The standard InChI is InChI=1S/C13H15F3N4O4/c1-17-10-9(20(23)24)6-8(12(21)22)11(18-10)19-4-2-7(3-5-19)13(14,15)16/h6-7H,2-5H2,1H3,(H,17,18)(H,21,22). The topological polar surface area (TPSA) is 109 Å². The first-order valence-electron chi connectivity index (χ1n) is 7.07. The fourth-order valence-corrected chi connectivity index (χ4v) is 2.63. The zero-order valence-corrected chi connectivity index (χ0v) is 12.6. The zero-order chi connectivity index (χ0) is 18.1. The van der Waals surface area contributed by atoms with Crippen LogP contribution in [0.2, 0.25) is 0 Å². The van der Waals surface area contributed by atoms with Gasteiger partial charge in [0.15, 0.2) is 0 Å². The number of carbonyl (C=O) groups is 1. The van der Waals surface area contributed by atoms with Crippen LogP contribution >= 0.6 is 0 Å². The number of anilines is 2. The lowest BCUT2D eigenvalue weighted by Crippen LogP contribution is -2.40. The lowest BCUT2D eigenvalue weighted by atomic mass is 9.96. The number of hydrogen-bond acceptors (Lipinski definition) is 6. The van der Waals surface area contributed by atoms with E-state index in [1.165, 1.54) is 11.9 Å². The van der Waals surface area contributed by atoms with E-state index in [-0.39, 0.29) is 37.6 Å². The number of nitrogens with one attached hydrogen (secondary N) is 1. The number of aromatic nitrogens is 1. The molecule has 0 saturated carbocycles. The number of piperidine rings is 1. The minimum absolute atomic E-state index is 0.0293. The number of carboxylic acids is 1. The minimum atomic E-state index is -4.29. The fraction of sp³-hybridized carbons (Fsp3) is 0.538. The molecule has 0 atom stereocenters. The third-order valence-electron chi connectivity index (χ3n) is 3.90. The van der Waals surface area contributed by atoms with Gasteiger partial charge >= 0.3 is 17.8 Å². The van der Waals surface area contributed by atoms with Crippen LogP contribution < -0.4 is 10.2 Å². The molecule has 132 valence electrons. The number of rotatable bonds is 4. The van der Waals surface area contributed by atoms with E-state index in [0.717, 1.165) is 6.07 Å². The molecule has 1 aliphatic rings. The highest BCUT2D eigenvalue weighted by Crippen LogP contribution is 2.37. The predicted molar refractivity (Wildman–Crippen MR) is 78.4 cm³/mol. The molecule has 1 aliphatic heterocycles. The molecule has 0 bridgehead atoms. The molecule has 2 N–H and O–H groups in total. The number of nitrogens with zero attached hydrogens (tertiary/aromatic N) is 3. The molecule has 2 rings (SSSR count). The van der Waals surface area contributed by atoms with Gasteiger partial charge in [0, 0.05) is 26.2 Å². The Morgan fingerprint density at radius 3 is 2.46 bits per heavy atom. The monoisotopic (exact) mass is 348 g/mol. The molecule has 11 heteroatoms. The molecule has 1 aromatic heterocycles. The molecular weight excluding hydrogens is 333 g/mol. The predicted octanol–water partition coefficient (Wildman–Crippen LogP) is 2.51. The number of pyridine rings is 1. The van der Waals surface area contributed by atoms with Crippen molar-refractivity contribution in [2.75, 3.05) is 30.4 Å². The number of halogens is 3. The molecule has 0 aliphatic carbocycles. The van der Waals surface area contributed by atoms with Gasteiger partial charge in [0.1, 0.15) is 11.4 Å². The first kappa shape index (κ1) is 17.8. The summed E-state index contributed by atoms with van der Waals surface area (Å²) in [7, 11) is 1.38. The van der Waals surface area contributed by atoms with E-state index < -0.39 is 34.2 Å². The Morgan fingerprint density at radius 1 is 1.46 bits per heavy atom. The van der Waals surface area contributed by atoms with Crippen LogP contribution in [-0.4, -0.2) is 47.3 Å². The summed E-state index contributed by atoms with van der Waals surface area (Å²) in [5, 5.41) is 22.8. The van der Waals surface area contributed by atoms with Crippen molar-refractivity contribution in [1.29, 1.82) is 0 Å². The second kappa shape index (κ2) is 6.49. The largest absolute Gasteiger partial charge is 0.478 e. The number of carboxylic acid groups (broad SMARTS) is 1. The van der Waals surface area contributed by atoms with Crippen molar-refractivity contribution < 1.29 is 28.0 Å². The first-order valence-corrected chi connectivity index (χ1v) is 7.07. The molecule has 0 unspecified atom stereocenters. The van der Waals surface area contributed by atoms with Crippen LogP contribution in [0.3, 0.4) is 0 Å². The van der Waals surface area contributed by atoms with Gasteiger partial charge in [-0.05, 0) is 12.8 Å². The summed E-state index contributed by atoms with van der Waals surface area (Å²) in [4.78, 5) is 27.0. The molecule has 1 fully saturated rings. The van der Waals surface area contributed by atoms with Crippen molar-refractivity contribution in [1.82, 2.24) is 4.98 Å². The second-order valence-electron chi connectivity index (χ2n) is 5.34. The average Bonchev–Trinajstić information content (AvgIpc) is 2.52. The fourth-order valence-electron chi connectivity index (χ4n) is 2.63. The number of hydrogen-bond donors (Lipinski definition) is 2. The molecule has 8 nitrogen and oxygen atoms in total. The third kappa shape index (κ3) is 3.49. The smallest absolute Gasteiger partial charge is 0.391 e. The zero-order valence-electron chi connectivity index (χ0n) is 12.6. The third-order valence-corrected chi connectivity index (χ3v) is 3.90. The Balaban J connectivity index is 2.36. The van der Waals surface area contributed by atoms with E-state index >= 15 is 0 Å². The highest BCUT2D eigenvalue weighted by Gasteiger charge is 2.41. The maximum Gasteiger partial charge on any atom is 0.391 e. The van der Waals surface area contributed by atoms with E-state index in [9.17, 15) is 33.2 Å². The summed E-state index contributed by atoms with van der Waals surface area (Å²) in [6, 6.07) is 0.867. The summed E-state index contributed by atoms with van der Waals surface area (Å²) in [6.07, 6.45) is -4.66. The van der Waals surface area contributed by atoms with Gasteiger partial charge in [-0.25, -0.2) is 9.78 Å². The van der Waals surface area contributed by atoms with Crippen LogP contribution in [0.25, 0.3) is 0 Å². The lowest BCUT2D eigenvalue weighted by molar-refractivity contribution is -0.384. The van der Waals surface area contributed by atoms with Crippen molar-refractivity contribution in [2.24, 2.45) is 5.92 Å². The van der Waals surface area contributed by atoms with Gasteiger partial charge in [0.05, 0.1) is 10.8 Å². The molecule has 0 amide bonds. The molecule has 0 radical (unpaired) electrons. The highest BCUT2D eigenvalue weighted by molar-refractivity contribution is 5.95. The van der Waals surface area contributed by atoms with Gasteiger partial charge in [-0.1, -0.05) is 0 Å². The number of alkyl halides is 3. The van der Waals surface area contributed by atoms with Gasteiger partial charge < -0.3 is 15.3 Å². The Labute approximate surface area is 134 Å². The summed E-state index contributed by atoms with van der Waals surface area (Å²) in [5.74, 6) is -3.08. The van der Waals surface area contributed by atoms with Crippen LogP contribution in [0.1, 0.15) is 23.2 Å². The quantitative estimate of drug-likeness (QED) is 0.635. The highest BCUT2D eigenvalue weighted by atomic mass is 19.4. The van der Waals surface area contributed by atoms with Crippen molar-refractivity contribution in [3.8, 4) is 0 Å². The Kier molecular flexibility index (Phi) is 4.81. The molecule has 24 heavy (non-hydrogen) atoms. The molecule has 2 heterocycles. The van der Waals surface area contributed by atoms with Crippen LogP contribution in [0, 0.1) is 16.0 Å². The van der Waals surface area contributed by atoms with Gasteiger partial charge in [0.2, 0.25) is 5.82 Å². The van der Waals surface area contributed by atoms with Crippen molar-refractivity contribution >= 4 is 23.3 Å². The van der Waals surface area contributed by atoms with Crippen molar-refractivity contribution in [2.45, 2.75) is 19.0 Å². The SMILES string of the molecule is CNc1nc(N2CCC(C(F)(F)F)CC2)c(C(=O)O)cc1[N+](=O)[O-]. The Bertz CT molecular complexity index is 657. The van der Waals surface area contributed by atoms with Crippen LogP contribution in [0.4, 0.5) is 30.5 Å². The summed E-state index contributed by atoms with van der Waals surface area (Å²) in [5.41, 5.74) is -0.921. The van der Waals surface area contributed by atoms with Crippen molar-refractivity contribution in [3.05, 3.63) is 21.7 Å². The normalized spacial score (nSPS) is 16.1. The minimum Gasteiger partial charge on any atom is -0.478 e. The van der Waals surface area contributed by atoms with Gasteiger partial charge in [-0.3, -0.25) is 10.1 Å². The maximum atomic E-state index is 12.7. The Morgan fingerprint density at radius 2 is 2.04 bits per heavy atom. The molecule has 0 spiro atoms. The molecule has 0 aromatic carbocycles. The van der Waals surface area contributed by atoms with E-state index in [1.54, 1.807) is 0 Å². The van der Waals surface area contributed by atoms with Crippen LogP contribution in [-0.2, 0) is 0 Å². The van der Waals surface area contributed by atoms with E-state index in [2.05, 4.69) is 10.3 Å². The van der Waals surface area contributed by atoms with Gasteiger partial charge in [-0.15, -0.1) is 0 Å². The van der Waals surface area contributed by atoms with Crippen LogP contribution in [0.5, 0.6) is 0 Å². The molecule has 1 saturated heterocycles.